The van der Waals surface area contributed by atoms with E-state index in [1.807, 2.05) is 12.1 Å². The Hall–Kier alpha value is -1.97. The van der Waals surface area contributed by atoms with Crippen molar-refractivity contribution in [3.05, 3.63) is 35.7 Å². The van der Waals surface area contributed by atoms with Gasteiger partial charge in [-0.1, -0.05) is 38.1 Å². The largest absolute Gasteiger partial charge is 0.294 e. The van der Waals surface area contributed by atoms with Gasteiger partial charge in [-0.2, -0.15) is 0 Å². The standard InChI is InChI=1S/C13H15N3O/c1-9(2)10-4-6-11(7-5-10)13-14-12(8-17)15-16(13)3/h4-9H,1-3H3. The maximum Gasteiger partial charge on any atom is 0.214 e. The van der Waals surface area contributed by atoms with Crippen LogP contribution < -0.4 is 0 Å². The van der Waals surface area contributed by atoms with Gasteiger partial charge in [-0.05, 0) is 11.5 Å². The number of aromatic nitrogens is 3. The van der Waals surface area contributed by atoms with Crippen molar-refractivity contribution in [3.63, 3.8) is 0 Å². The van der Waals surface area contributed by atoms with E-state index in [4.69, 9.17) is 0 Å². The zero-order chi connectivity index (χ0) is 12.4. The molecule has 1 heterocycles. The van der Waals surface area contributed by atoms with E-state index in [1.54, 1.807) is 11.7 Å². The molecule has 0 fully saturated rings. The van der Waals surface area contributed by atoms with Crippen molar-refractivity contribution in [2.45, 2.75) is 19.8 Å². The van der Waals surface area contributed by atoms with Crippen LogP contribution in [0.3, 0.4) is 0 Å². The summed E-state index contributed by atoms with van der Waals surface area (Å²) in [7, 11) is 1.78. The normalized spacial score (nSPS) is 10.8. The van der Waals surface area contributed by atoms with Gasteiger partial charge in [0.2, 0.25) is 5.82 Å². The molecule has 17 heavy (non-hydrogen) atoms. The van der Waals surface area contributed by atoms with Crippen molar-refractivity contribution < 1.29 is 4.79 Å². The molecule has 0 saturated heterocycles. The van der Waals surface area contributed by atoms with Crippen LogP contribution in [-0.4, -0.2) is 21.1 Å². The van der Waals surface area contributed by atoms with Gasteiger partial charge in [-0.3, -0.25) is 4.79 Å². The lowest BCUT2D eigenvalue weighted by Crippen LogP contribution is -1.95. The van der Waals surface area contributed by atoms with E-state index in [2.05, 4.69) is 36.1 Å². The summed E-state index contributed by atoms with van der Waals surface area (Å²) in [6.07, 6.45) is 0.659. The minimum Gasteiger partial charge on any atom is -0.294 e. The van der Waals surface area contributed by atoms with Gasteiger partial charge in [-0.15, -0.1) is 5.10 Å². The molecule has 1 aromatic heterocycles. The van der Waals surface area contributed by atoms with E-state index in [9.17, 15) is 4.79 Å². The van der Waals surface area contributed by atoms with Crippen LogP contribution in [0.5, 0.6) is 0 Å². The van der Waals surface area contributed by atoms with Crippen molar-refractivity contribution >= 4 is 6.29 Å². The highest BCUT2D eigenvalue weighted by Gasteiger charge is 2.09. The predicted octanol–water partition coefficient (Wildman–Crippen LogP) is 2.42. The Kier molecular flexibility index (Phi) is 3.04. The van der Waals surface area contributed by atoms with Crippen LogP contribution >= 0.6 is 0 Å². The van der Waals surface area contributed by atoms with Gasteiger partial charge < -0.3 is 0 Å². The highest BCUT2D eigenvalue weighted by molar-refractivity contribution is 5.70. The summed E-state index contributed by atoms with van der Waals surface area (Å²) in [6.45, 7) is 4.31. The molecule has 0 aliphatic carbocycles. The first-order valence-electron chi connectivity index (χ1n) is 5.58. The highest BCUT2D eigenvalue weighted by Crippen LogP contribution is 2.20. The van der Waals surface area contributed by atoms with Gasteiger partial charge in [0.15, 0.2) is 12.1 Å². The number of hydrogen-bond acceptors (Lipinski definition) is 3. The fourth-order valence-corrected chi connectivity index (χ4v) is 1.72. The number of rotatable bonds is 3. The molecule has 0 aliphatic heterocycles. The fourth-order valence-electron chi connectivity index (χ4n) is 1.72. The number of nitrogens with zero attached hydrogens (tertiary/aromatic N) is 3. The van der Waals surface area contributed by atoms with E-state index in [-0.39, 0.29) is 5.82 Å². The van der Waals surface area contributed by atoms with Crippen molar-refractivity contribution in [1.82, 2.24) is 14.8 Å². The summed E-state index contributed by atoms with van der Waals surface area (Å²) in [4.78, 5) is 14.8. The summed E-state index contributed by atoms with van der Waals surface area (Å²) in [5, 5.41) is 4.00. The van der Waals surface area contributed by atoms with Crippen LogP contribution in [0.1, 0.15) is 35.9 Å². The van der Waals surface area contributed by atoms with E-state index >= 15 is 0 Å². The Balaban J connectivity index is 2.39. The van der Waals surface area contributed by atoms with Crippen LogP contribution in [0.4, 0.5) is 0 Å². The molecule has 0 bridgehead atoms. The van der Waals surface area contributed by atoms with E-state index in [0.29, 0.717) is 18.0 Å². The van der Waals surface area contributed by atoms with Crippen molar-refractivity contribution in [2.75, 3.05) is 0 Å². The van der Waals surface area contributed by atoms with E-state index < -0.39 is 0 Å². The number of benzene rings is 1. The minimum absolute atomic E-state index is 0.218. The second kappa shape index (κ2) is 4.49. The van der Waals surface area contributed by atoms with Crippen molar-refractivity contribution in [3.8, 4) is 11.4 Å². The molecule has 0 amide bonds. The lowest BCUT2D eigenvalue weighted by atomic mass is 10.0. The second-order valence-electron chi connectivity index (χ2n) is 4.31. The van der Waals surface area contributed by atoms with Crippen LogP contribution in [-0.2, 0) is 7.05 Å². The Bertz CT molecular complexity index is 526. The number of aryl methyl sites for hydroxylation is 1. The third-order valence-corrected chi connectivity index (χ3v) is 2.72. The number of aldehydes is 1. The number of carbonyl (C=O) groups excluding carboxylic acids is 1. The van der Waals surface area contributed by atoms with Crippen LogP contribution in [0.25, 0.3) is 11.4 Å². The molecule has 4 heteroatoms. The number of hydrogen-bond donors (Lipinski definition) is 0. The smallest absolute Gasteiger partial charge is 0.214 e. The molecular weight excluding hydrogens is 214 g/mol. The van der Waals surface area contributed by atoms with Crippen LogP contribution in [0.15, 0.2) is 24.3 Å². The van der Waals surface area contributed by atoms with Crippen LogP contribution in [0, 0.1) is 0 Å². The first-order valence-corrected chi connectivity index (χ1v) is 5.58. The lowest BCUT2D eigenvalue weighted by Gasteiger charge is -2.06. The van der Waals surface area contributed by atoms with Crippen molar-refractivity contribution in [2.24, 2.45) is 7.05 Å². The van der Waals surface area contributed by atoms with Crippen LogP contribution in [0.2, 0.25) is 0 Å². The molecule has 2 aromatic rings. The summed E-state index contributed by atoms with van der Waals surface area (Å²) in [6, 6.07) is 8.17. The maximum absolute atomic E-state index is 10.6. The minimum atomic E-state index is 0.218. The molecule has 4 nitrogen and oxygen atoms in total. The highest BCUT2D eigenvalue weighted by atomic mass is 16.1. The topological polar surface area (TPSA) is 47.8 Å². The first-order chi connectivity index (χ1) is 8.11. The molecule has 0 atom stereocenters. The summed E-state index contributed by atoms with van der Waals surface area (Å²) < 4.78 is 1.62. The molecule has 1 aromatic carbocycles. The Morgan fingerprint density at radius 1 is 1.24 bits per heavy atom. The van der Waals surface area contributed by atoms with Gasteiger partial charge in [0.1, 0.15) is 0 Å². The van der Waals surface area contributed by atoms with Gasteiger partial charge >= 0.3 is 0 Å². The van der Waals surface area contributed by atoms with Gasteiger partial charge in [-0.25, -0.2) is 9.67 Å². The Morgan fingerprint density at radius 3 is 2.35 bits per heavy atom. The molecule has 0 aliphatic rings. The molecule has 0 saturated carbocycles. The molecule has 0 unspecified atom stereocenters. The lowest BCUT2D eigenvalue weighted by molar-refractivity contribution is 0.111. The summed E-state index contributed by atoms with van der Waals surface area (Å²) in [5.74, 6) is 1.44. The maximum atomic E-state index is 10.6. The monoisotopic (exact) mass is 229 g/mol. The quantitative estimate of drug-likeness (QED) is 0.759. The Morgan fingerprint density at radius 2 is 1.88 bits per heavy atom. The van der Waals surface area contributed by atoms with Gasteiger partial charge in [0.25, 0.3) is 0 Å². The average Bonchev–Trinajstić information content (AvgIpc) is 2.71. The second-order valence-corrected chi connectivity index (χ2v) is 4.31. The van der Waals surface area contributed by atoms with E-state index in [0.717, 1.165) is 5.56 Å². The van der Waals surface area contributed by atoms with Gasteiger partial charge in [0.05, 0.1) is 0 Å². The zero-order valence-corrected chi connectivity index (χ0v) is 10.2. The Labute approximate surface area is 100 Å². The van der Waals surface area contributed by atoms with Gasteiger partial charge in [0, 0.05) is 12.6 Å². The predicted molar refractivity (Wildman–Crippen MR) is 65.9 cm³/mol. The number of carbonyl (C=O) groups is 1. The summed E-state index contributed by atoms with van der Waals surface area (Å²) in [5.41, 5.74) is 2.25. The van der Waals surface area contributed by atoms with Crippen molar-refractivity contribution in [1.29, 1.82) is 0 Å². The molecule has 2 rings (SSSR count). The molecular formula is C13H15N3O. The van der Waals surface area contributed by atoms with E-state index in [1.165, 1.54) is 5.56 Å². The average molecular weight is 229 g/mol. The zero-order valence-electron chi connectivity index (χ0n) is 10.2. The summed E-state index contributed by atoms with van der Waals surface area (Å²) >= 11 is 0. The molecule has 0 N–H and O–H groups in total. The third kappa shape index (κ3) is 2.25. The fraction of sp³-hybridized carbons (Fsp3) is 0.308. The molecule has 0 radical (unpaired) electrons. The first kappa shape index (κ1) is 11.5. The molecule has 0 spiro atoms. The SMILES string of the molecule is CC(C)c1ccc(-c2nc(C=O)nn2C)cc1. The third-order valence-electron chi connectivity index (χ3n) is 2.72. The molecule has 88 valence electrons.